The van der Waals surface area contributed by atoms with Crippen molar-refractivity contribution in [3.63, 3.8) is 0 Å². The number of ether oxygens (including phenoxy) is 1. The average molecular weight is 517 g/mol. The summed E-state index contributed by atoms with van der Waals surface area (Å²) in [5, 5.41) is 11.4. The maximum absolute atomic E-state index is 10.2. The lowest BCUT2D eigenvalue weighted by Gasteiger charge is -2.46. The molecule has 0 atom stereocenters. The van der Waals surface area contributed by atoms with Gasteiger partial charge in [-0.15, -0.1) is 0 Å². The summed E-state index contributed by atoms with van der Waals surface area (Å²) < 4.78 is 6.14. The van der Waals surface area contributed by atoms with Gasteiger partial charge in [0.05, 0.1) is 29.0 Å². The Kier molecular flexibility index (Phi) is 5.63. The third kappa shape index (κ3) is 4.45. The Morgan fingerprint density at radius 1 is 1.17 bits per heavy atom. The van der Waals surface area contributed by atoms with E-state index in [1.807, 2.05) is 26.1 Å². The maximum Gasteiger partial charge on any atom is 0.158 e. The predicted molar refractivity (Wildman–Crippen MR) is 138 cm³/mol. The molecule has 5 heterocycles. The Morgan fingerprint density at radius 3 is 2.54 bits per heavy atom. The second-order valence-corrected chi connectivity index (χ2v) is 12.8. The topological polar surface area (TPSA) is 101 Å². The molecule has 0 bridgehead atoms. The Morgan fingerprint density at radius 2 is 1.91 bits per heavy atom. The number of rotatable bonds is 5. The molecule has 6 rings (SSSR count). The van der Waals surface area contributed by atoms with Gasteiger partial charge in [0.1, 0.15) is 16.7 Å². The van der Waals surface area contributed by atoms with Crippen molar-refractivity contribution in [1.82, 2.24) is 15.0 Å². The van der Waals surface area contributed by atoms with Gasteiger partial charge in [-0.2, -0.15) is 0 Å². The highest BCUT2D eigenvalue weighted by atomic mass is 35.5. The minimum Gasteiger partial charge on any atom is -0.390 e. The molecule has 2 aromatic heterocycles. The van der Waals surface area contributed by atoms with Crippen LogP contribution in [-0.2, 0) is 4.74 Å². The summed E-state index contributed by atoms with van der Waals surface area (Å²) in [6.45, 7) is 7.97. The number of nitrogens with zero attached hydrogens (tertiary/aromatic N) is 5. The van der Waals surface area contributed by atoms with Gasteiger partial charge in [0.2, 0.25) is 0 Å². The molecule has 35 heavy (non-hydrogen) atoms. The van der Waals surface area contributed by atoms with E-state index in [-0.39, 0.29) is 11.5 Å². The fourth-order valence-corrected chi connectivity index (χ4v) is 6.74. The van der Waals surface area contributed by atoms with E-state index >= 15 is 0 Å². The lowest BCUT2D eigenvalue weighted by molar-refractivity contribution is 0.00438. The summed E-state index contributed by atoms with van der Waals surface area (Å²) in [6.07, 6.45) is 9.54. The highest BCUT2D eigenvalue weighted by molar-refractivity contribution is 7.99. The molecule has 0 radical (unpaired) electrons. The van der Waals surface area contributed by atoms with Crippen LogP contribution in [0.5, 0.6) is 0 Å². The molecule has 2 aromatic rings. The van der Waals surface area contributed by atoms with Gasteiger partial charge in [-0.3, -0.25) is 0 Å². The van der Waals surface area contributed by atoms with Crippen LogP contribution in [0.1, 0.15) is 46.0 Å². The molecule has 4 fully saturated rings. The number of aliphatic hydroxyl groups is 1. The third-order valence-corrected chi connectivity index (χ3v) is 9.86. The van der Waals surface area contributed by atoms with Gasteiger partial charge >= 0.3 is 0 Å². The van der Waals surface area contributed by atoms with Gasteiger partial charge in [0, 0.05) is 43.2 Å². The summed E-state index contributed by atoms with van der Waals surface area (Å²) in [5.74, 6) is 2.17. The van der Waals surface area contributed by atoms with Crippen molar-refractivity contribution in [3.05, 3.63) is 23.5 Å². The molecule has 3 saturated heterocycles. The SMILES string of the molecule is CC(C)(O)C1CN(c2nccc(Sc3ncc(N4CCC5(CC4)COC4(CC4)C5)nc3N)c2Cl)C1. The van der Waals surface area contributed by atoms with Crippen molar-refractivity contribution in [1.29, 1.82) is 0 Å². The van der Waals surface area contributed by atoms with Crippen LogP contribution in [0.2, 0.25) is 5.02 Å². The lowest BCUT2D eigenvalue weighted by atomic mass is 9.76. The Bertz CT molecular complexity index is 1120. The average Bonchev–Trinajstić information content (AvgIpc) is 3.44. The van der Waals surface area contributed by atoms with Crippen LogP contribution in [-0.4, -0.2) is 64.0 Å². The normalized spacial score (nSPS) is 23.2. The van der Waals surface area contributed by atoms with E-state index in [9.17, 15) is 5.11 Å². The largest absolute Gasteiger partial charge is 0.390 e. The summed E-state index contributed by atoms with van der Waals surface area (Å²) >= 11 is 8.13. The van der Waals surface area contributed by atoms with Crippen molar-refractivity contribution in [2.24, 2.45) is 11.3 Å². The van der Waals surface area contributed by atoms with Gasteiger partial charge in [-0.05, 0) is 57.4 Å². The van der Waals surface area contributed by atoms with Crippen LogP contribution in [0.3, 0.4) is 0 Å². The molecule has 8 nitrogen and oxygen atoms in total. The first-order valence-electron chi connectivity index (χ1n) is 12.5. The molecule has 1 saturated carbocycles. The fourth-order valence-electron chi connectivity index (χ4n) is 5.61. The molecule has 4 aliphatic rings. The van der Waals surface area contributed by atoms with Crippen molar-refractivity contribution in [2.45, 2.75) is 67.1 Å². The molecular weight excluding hydrogens is 484 g/mol. The molecule has 0 aromatic carbocycles. The number of piperidine rings is 1. The van der Waals surface area contributed by atoms with E-state index in [1.54, 1.807) is 6.20 Å². The zero-order valence-electron chi connectivity index (χ0n) is 20.3. The molecule has 3 aliphatic heterocycles. The number of hydrogen-bond donors (Lipinski definition) is 2. The molecule has 2 spiro atoms. The van der Waals surface area contributed by atoms with Crippen molar-refractivity contribution in [3.8, 4) is 0 Å². The minimum atomic E-state index is -0.708. The molecule has 3 N–H and O–H groups in total. The highest BCUT2D eigenvalue weighted by Gasteiger charge is 2.56. The number of halogens is 1. The van der Waals surface area contributed by atoms with Crippen LogP contribution >= 0.6 is 23.4 Å². The smallest absolute Gasteiger partial charge is 0.158 e. The first-order chi connectivity index (χ1) is 16.7. The summed E-state index contributed by atoms with van der Waals surface area (Å²) in [5.41, 5.74) is 6.22. The predicted octanol–water partition coefficient (Wildman–Crippen LogP) is 4.01. The molecule has 10 heteroatoms. The van der Waals surface area contributed by atoms with E-state index in [1.165, 1.54) is 31.0 Å². The van der Waals surface area contributed by atoms with Crippen LogP contribution < -0.4 is 15.5 Å². The zero-order chi connectivity index (χ0) is 24.4. The number of hydrogen-bond acceptors (Lipinski definition) is 9. The molecule has 0 amide bonds. The van der Waals surface area contributed by atoms with Crippen molar-refractivity contribution >= 4 is 40.8 Å². The minimum absolute atomic E-state index is 0.200. The molecule has 1 aliphatic carbocycles. The molecular formula is C25H33ClN6O2S. The monoisotopic (exact) mass is 516 g/mol. The molecule has 0 unspecified atom stereocenters. The van der Waals surface area contributed by atoms with Gasteiger partial charge in [-0.1, -0.05) is 23.4 Å². The van der Waals surface area contributed by atoms with Crippen LogP contribution in [0.15, 0.2) is 28.4 Å². The summed E-state index contributed by atoms with van der Waals surface area (Å²) in [6, 6.07) is 1.87. The van der Waals surface area contributed by atoms with Gasteiger partial charge in [0.15, 0.2) is 5.82 Å². The Hall–Kier alpha value is -1.81. The second-order valence-electron chi connectivity index (χ2n) is 11.4. The van der Waals surface area contributed by atoms with E-state index in [0.29, 0.717) is 21.3 Å². The quantitative estimate of drug-likeness (QED) is 0.610. The van der Waals surface area contributed by atoms with Gasteiger partial charge < -0.3 is 25.4 Å². The Balaban J connectivity index is 1.11. The van der Waals surface area contributed by atoms with Crippen LogP contribution in [0.4, 0.5) is 17.5 Å². The first kappa shape index (κ1) is 23.6. The summed E-state index contributed by atoms with van der Waals surface area (Å²) in [4.78, 5) is 19.0. The standard InChI is InChI=1S/C25H33ClN6O2S/c1-23(2,33)16-12-32(13-16)21-19(26)17(3-8-28-21)35-22-20(27)30-18(11-29-22)31-9-6-24(7-10-31)14-25(4-5-25)34-15-24/h3,8,11,16,33H,4-7,9-10,12-15H2,1-2H3,(H2,27,30). The second kappa shape index (κ2) is 8.36. The first-order valence-corrected chi connectivity index (χ1v) is 13.7. The molecule has 188 valence electrons. The van der Waals surface area contributed by atoms with Gasteiger partial charge in [0.25, 0.3) is 0 Å². The number of aromatic nitrogens is 3. The van der Waals surface area contributed by atoms with Crippen molar-refractivity contribution < 1.29 is 9.84 Å². The fraction of sp³-hybridized carbons (Fsp3) is 0.640. The van der Waals surface area contributed by atoms with Crippen molar-refractivity contribution in [2.75, 3.05) is 48.3 Å². The van der Waals surface area contributed by atoms with Crippen LogP contribution in [0, 0.1) is 11.3 Å². The number of nitrogens with two attached hydrogens (primary N) is 1. The maximum atomic E-state index is 10.2. The van der Waals surface area contributed by atoms with E-state index in [2.05, 4.69) is 19.8 Å². The zero-order valence-corrected chi connectivity index (χ0v) is 21.9. The number of nitrogen functional groups attached to an aromatic ring is 1. The van der Waals surface area contributed by atoms with Crippen LogP contribution in [0.25, 0.3) is 0 Å². The Labute approximate surface area is 215 Å². The van der Waals surface area contributed by atoms with E-state index in [4.69, 9.17) is 27.1 Å². The van der Waals surface area contributed by atoms with E-state index in [0.717, 1.165) is 62.2 Å². The number of pyridine rings is 1. The third-order valence-electron chi connectivity index (χ3n) is 8.31. The number of anilines is 3. The van der Waals surface area contributed by atoms with Gasteiger partial charge in [-0.25, -0.2) is 15.0 Å². The lowest BCUT2D eigenvalue weighted by Crippen LogP contribution is -2.56. The van der Waals surface area contributed by atoms with E-state index < -0.39 is 5.60 Å². The highest BCUT2D eigenvalue weighted by Crippen LogP contribution is 2.57. The summed E-state index contributed by atoms with van der Waals surface area (Å²) in [7, 11) is 0.